The molecule has 30 heavy (non-hydrogen) atoms. The first kappa shape index (κ1) is 23.7. The van der Waals surface area contributed by atoms with E-state index in [9.17, 15) is 22.8 Å². The number of nitrogens with zero attached hydrogens (tertiary/aromatic N) is 1. The summed E-state index contributed by atoms with van der Waals surface area (Å²) in [6.45, 7) is 2.00. The molecule has 0 unspecified atom stereocenters. The van der Waals surface area contributed by atoms with Crippen molar-refractivity contribution in [2.75, 3.05) is 32.5 Å². The molecular formula is C21H23ClF3N3O2. The van der Waals surface area contributed by atoms with Crippen molar-refractivity contribution >= 4 is 29.1 Å². The van der Waals surface area contributed by atoms with Gasteiger partial charge < -0.3 is 15.5 Å². The van der Waals surface area contributed by atoms with E-state index in [4.69, 9.17) is 11.6 Å². The number of carbonyl (C=O) groups excluding carboxylic acids is 2. The number of halogens is 4. The highest BCUT2D eigenvalue weighted by Crippen LogP contribution is 2.32. The van der Waals surface area contributed by atoms with Crippen molar-refractivity contribution in [1.82, 2.24) is 10.2 Å². The van der Waals surface area contributed by atoms with E-state index in [1.807, 2.05) is 31.1 Å². The lowest BCUT2D eigenvalue weighted by atomic mass is 9.98. The molecule has 0 aliphatic heterocycles. The van der Waals surface area contributed by atoms with Crippen LogP contribution in [0, 0.1) is 0 Å². The molecule has 0 heterocycles. The van der Waals surface area contributed by atoms with Gasteiger partial charge in [0.2, 0.25) is 5.91 Å². The Morgan fingerprint density at radius 2 is 1.73 bits per heavy atom. The average molecular weight is 442 g/mol. The SMILES string of the molecule is CC(=O)Nc1cc(C(=O)NC[C@H](CN(C)C)c2ccc(Cl)cc2)cc(C(F)(F)F)c1. The molecule has 0 spiro atoms. The zero-order chi connectivity index (χ0) is 22.5. The van der Waals surface area contributed by atoms with E-state index in [-0.39, 0.29) is 23.7 Å². The zero-order valence-corrected chi connectivity index (χ0v) is 17.6. The Morgan fingerprint density at radius 3 is 2.27 bits per heavy atom. The first-order chi connectivity index (χ1) is 14.0. The predicted octanol–water partition coefficient (Wildman–Crippen LogP) is 4.39. The van der Waals surface area contributed by atoms with Gasteiger partial charge in [0.1, 0.15) is 0 Å². The van der Waals surface area contributed by atoms with E-state index >= 15 is 0 Å². The molecule has 0 aromatic heterocycles. The molecule has 9 heteroatoms. The van der Waals surface area contributed by atoms with Gasteiger partial charge in [-0.15, -0.1) is 0 Å². The van der Waals surface area contributed by atoms with Gasteiger partial charge in [-0.3, -0.25) is 9.59 Å². The van der Waals surface area contributed by atoms with Crippen LogP contribution in [0.25, 0.3) is 0 Å². The van der Waals surface area contributed by atoms with Gasteiger partial charge in [-0.2, -0.15) is 13.2 Å². The van der Waals surface area contributed by atoms with Crippen LogP contribution in [-0.4, -0.2) is 43.9 Å². The quantitative estimate of drug-likeness (QED) is 0.669. The van der Waals surface area contributed by atoms with Crippen molar-refractivity contribution < 1.29 is 22.8 Å². The summed E-state index contributed by atoms with van der Waals surface area (Å²) in [5.41, 5.74) is -0.351. The van der Waals surface area contributed by atoms with Crippen molar-refractivity contribution in [1.29, 1.82) is 0 Å². The highest BCUT2D eigenvalue weighted by molar-refractivity contribution is 6.30. The summed E-state index contributed by atoms with van der Waals surface area (Å²) in [5.74, 6) is -1.29. The Morgan fingerprint density at radius 1 is 1.10 bits per heavy atom. The third-order valence-electron chi connectivity index (χ3n) is 4.28. The van der Waals surface area contributed by atoms with E-state index in [0.29, 0.717) is 11.6 Å². The van der Waals surface area contributed by atoms with Gasteiger partial charge in [-0.05, 0) is 50.0 Å². The highest BCUT2D eigenvalue weighted by atomic mass is 35.5. The van der Waals surface area contributed by atoms with Crippen molar-refractivity contribution in [3.05, 3.63) is 64.2 Å². The molecule has 2 N–H and O–H groups in total. The Bertz CT molecular complexity index is 899. The Balaban J connectivity index is 2.23. The van der Waals surface area contributed by atoms with Crippen LogP contribution < -0.4 is 10.6 Å². The number of nitrogens with one attached hydrogen (secondary N) is 2. The van der Waals surface area contributed by atoms with Gasteiger partial charge >= 0.3 is 6.18 Å². The molecule has 0 aliphatic rings. The molecule has 162 valence electrons. The van der Waals surface area contributed by atoms with E-state index in [1.54, 1.807) is 12.1 Å². The average Bonchev–Trinajstić information content (AvgIpc) is 2.63. The normalized spacial score (nSPS) is 12.5. The summed E-state index contributed by atoms with van der Waals surface area (Å²) in [6.07, 6.45) is -4.65. The second-order valence-electron chi connectivity index (χ2n) is 7.20. The van der Waals surface area contributed by atoms with E-state index in [2.05, 4.69) is 10.6 Å². The summed E-state index contributed by atoms with van der Waals surface area (Å²) >= 11 is 5.93. The lowest BCUT2D eigenvalue weighted by Gasteiger charge is -2.22. The van der Waals surface area contributed by atoms with Crippen LogP contribution >= 0.6 is 11.6 Å². The number of amides is 2. The van der Waals surface area contributed by atoms with E-state index in [0.717, 1.165) is 17.7 Å². The molecule has 5 nitrogen and oxygen atoms in total. The van der Waals surface area contributed by atoms with Crippen LogP contribution in [0.3, 0.4) is 0 Å². The minimum atomic E-state index is -4.65. The molecule has 0 saturated carbocycles. The monoisotopic (exact) mass is 441 g/mol. The first-order valence-corrected chi connectivity index (χ1v) is 9.51. The van der Waals surface area contributed by atoms with Crippen molar-refractivity contribution in [3.8, 4) is 0 Å². The number of alkyl halides is 3. The van der Waals surface area contributed by atoms with Crippen molar-refractivity contribution in [2.45, 2.75) is 19.0 Å². The zero-order valence-electron chi connectivity index (χ0n) is 16.8. The number of rotatable bonds is 7. The van der Waals surface area contributed by atoms with E-state index < -0.39 is 23.6 Å². The number of likely N-dealkylation sites (N-methyl/N-ethyl adjacent to an activating group) is 1. The molecule has 0 aliphatic carbocycles. The Kier molecular flexibility index (Phi) is 7.86. The minimum absolute atomic E-state index is 0.0926. The second-order valence-corrected chi connectivity index (χ2v) is 7.64. The molecule has 1 atom stereocenters. The predicted molar refractivity (Wildman–Crippen MR) is 111 cm³/mol. The Hall–Kier alpha value is -2.58. The lowest BCUT2D eigenvalue weighted by molar-refractivity contribution is -0.137. The standard InChI is InChI=1S/C21H23ClF3N3O2/c1-13(29)27-19-9-15(8-17(10-19)21(23,24)25)20(30)26-11-16(12-28(2)3)14-4-6-18(22)7-5-14/h4-10,16H,11-12H2,1-3H3,(H,26,30)(H,27,29)/t16-/m1/s1. The number of hydrogen-bond acceptors (Lipinski definition) is 3. The van der Waals surface area contributed by atoms with Crippen LogP contribution in [0.2, 0.25) is 5.02 Å². The fraction of sp³-hybridized carbons (Fsp3) is 0.333. The van der Waals surface area contributed by atoms with Crippen molar-refractivity contribution in [2.24, 2.45) is 0 Å². The fourth-order valence-corrected chi connectivity index (χ4v) is 3.11. The lowest BCUT2D eigenvalue weighted by Crippen LogP contribution is -2.33. The van der Waals surface area contributed by atoms with Crippen molar-refractivity contribution in [3.63, 3.8) is 0 Å². The van der Waals surface area contributed by atoms with Crippen LogP contribution in [0.5, 0.6) is 0 Å². The van der Waals surface area contributed by atoms with Gasteiger partial charge in [0, 0.05) is 42.2 Å². The summed E-state index contributed by atoms with van der Waals surface area (Å²) < 4.78 is 39.6. The number of benzene rings is 2. The Labute approximate surface area is 178 Å². The fourth-order valence-electron chi connectivity index (χ4n) is 2.98. The third-order valence-corrected chi connectivity index (χ3v) is 4.53. The number of hydrogen-bond donors (Lipinski definition) is 2. The van der Waals surface area contributed by atoms with Gasteiger partial charge in [-0.1, -0.05) is 23.7 Å². The smallest absolute Gasteiger partial charge is 0.351 e. The maximum Gasteiger partial charge on any atom is 0.416 e. The van der Waals surface area contributed by atoms with Gasteiger partial charge in [0.05, 0.1) is 5.56 Å². The molecule has 2 rings (SSSR count). The van der Waals surface area contributed by atoms with Gasteiger partial charge in [0.15, 0.2) is 0 Å². The van der Waals surface area contributed by atoms with E-state index in [1.165, 1.54) is 13.0 Å². The summed E-state index contributed by atoms with van der Waals surface area (Å²) in [4.78, 5) is 25.8. The number of carbonyl (C=O) groups is 2. The summed E-state index contributed by atoms with van der Waals surface area (Å²) in [6, 6.07) is 9.96. The van der Waals surface area contributed by atoms with Crippen LogP contribution in [0.4, 0.5) is 18.9 Å². The summed E-state index contributed by atoms with van der Waals surface area (Å²) in [5, 5.41) is 5.58. The van der Waals surface area contributed by atoms with Crippen LogP contribution in [0.15, 0.2) is 42.5 Å². The third kappa shape index (κ3) is 7.03. The molecule has 0 saturated heterocycles. The molecule has 0 bridgehead atoms. The van der Waals surface area contributed by atoms with Crippen LogP contribution in [-0.2, 0) is 11.0 Å². The molecular weight excluding hydrogens is 419 g/mol. The minimum Gasteiger partial charge on any atom is -0.351 e. The maximum absolute atomic E-state index is 13.2. The van der Waals surface area contributed by atoms with Crippen LogP contribution in [0.1, 0.15) is 34.3 Å². The molecule has 0 fully saturated rings. The molecule has 2 aromatic rings. The largest absolute Gasteiger partial charge is 0.416 e. The van der Waals surface area contributed by atoms with Gasteiger partial charge in [-0.25, -0.2) is 0 Å². The molecule has 2 amide bonds. The molecule has 2 aromatic carbocycles. The number of anilines is 1. The second kappa shape index (κ2) is 9.95. The summed E-state index contributed by atoms with van der Waals surface area (Å²) in [7, 11) is 3.77. The topological polar surface area (TPSA) is 61.4 Å². The highest BCUT2D eigenvalue weighted by Gasteiger charge is 2.32. The maximum atomic E-state index is 13.2. The first-order valence-electron chi connectivity index (χ1n) is 9.14. The molecule has 0 radical (unpaired) electrons. The van der Waals surface area contributed by atoms with Gasteiger partial charge in [0.25, 0.3) is 5.91 Å².